The van der Waals surface area contributed by atoms with Crippen LogP contribution in [0.5, 0.6) is 0 Å². The zero-order chi connectivity index (χ0) is 12.1. The van der Waals surface area contributed by atoms with Crippen LogP contribution in [0.1, 0.15) is 20.8 Å². The third-order valence-electron chi connectivity index (χ3n) is 2.36. The molecule has 1 aromatic heterocycles. The first-order chi connectivity index (χ1) is 7.50. The van der Waals surface area contributed by atoms with Crippen LogP contribution in [0.15, 0.2) is 27.6 Å². The van der Waals surface area contributed by atoms with Gasteiger partial charge in [0.2, 0.25) is 0 Å². The first kappa shape index (κ1) is 13.5. The van der Waals surface area contributed by atoms with Gasteiger partial charge in [-0.25, -0.2) is 0 Å². The van der Waals surface area contributed by atoms with Gasteiger partial charge in [-0.15, -0.1) is 0 Å². The van der Waals surface area contributed by atoms with Gasteiger partial charge in [-0.1, -0.05) is 20.8 Å². The fourth-order valence-corrected chi connectivity index (χ4v) is 1.87. The van der Waals surface area contributed by atoms with Gasteiger partial charge in [0.15, 0.2) is 0 Å². The van der Waals surface area contributed by atoms with Crippen molar-refractivity contribution in [3.8, 4) is 0 Å². The molecule has 4 heteroatoms. The molecule has 0 radical (unpaired) electrons. The summed E-state index contributed by atoms with van der Waals surface area (Å²) >= 11 is 3.25. The number of aromatic nitrogens is 1. The minimum atomic E-state index is 0.0406. The number of pyridine rings is 1. The molecule has 0 bridgehead atoms. The first-order valence-corrected chi connectivity index (χ1v) is 6.38. The number of halogens is 1. The minimum Gasteiger partial charge on any atom is -0.314 e. The Morgan fingerprint density at radius 3 is 2.75 bits per heavy atom. The molecular formula is C12H19BrN2O. The molecule has 0 amide bonds. The van der Waals surface area contributed by atoms with Gasteiger partial charge in [-0.05, 0) is 40.5 Å². The van der Waals surface area contributed by atoms with E-state index in [1.807, 2.05) is 12.3 Å². The van der Waals surface area contributed by atoms with Crippen LogP contribution in [-0.2, 0) is 6.54 Å². The Bertz CT molecular complexity index is 387. The molecule has 0 saturated heterocycles. The van der Waals surface area contributed by atoms with E-state index in [-0.39, 0.29) is 5.56 Å². The van der Waals surface area contributed by atoms with Crippen molar-refractivity contribution in [3.63, 3.8) is 0 Å². The van der Waals surface area contributed by atoms with E-state index in [0.29, 0.717) is 16.4 Å². The molecule has 0 aromatic carbocycles. The Balaban J connectivity index is 2.59. The molecule has 1 aromatic rings. The number of nitrogens with zero attached hydrogens (tertiary/aromatic N) is 1. The van der Waals surface area contributed by atoms with Gasteiger partial charge in [0.05, 0.1) is 4.47 Å². The molecule has 0 aliphatic carbocycles. The summed E-state index contributed by atoms with van der Waals surface area (Å²) in [6.07, 6.45) is 1.83. The zero-order valence-electron chi connectivity index (χ0n) is 10.0. The average Bonchev–Trinajstić information content (AvgIpc) is 2.22. The summed E-state index contributed by atoms with van der Waals surface area (Å²) in [5.74, 6) is 0.439. The average molecular weight is 287 g/mol. The second-order valence-electron chi connectivity index (χ2n) is 4.48. The van der Waals surface area contributed by atoms with Gasteiger partial charge in [-0.2, -0.15) is 0 Å². The lowest BCUT2D eigenvalue weighted by Crippen LogP contribution is -2.32. The van der Waals surface area contributed by atoms with Crippen molar-refractivity contribution in [2.45, 2.75) is 33.4 Å². The minimum absolute atomic E-state index is 0.0406. The quantitative estimate of drug-likeness (QED) is 0.901. The number of hydrogen-bond acceptors (Lipinski definition) is 2. The fraction of sp³-hybridized carbons (Fsp3) is 0.583. The Morgan fingerprint density at radius 2 is 2.12 bits per heavy atom. The highest BCUT2D eigenvalue weighted by atomic mass is 79.9. The van der Waals surface area contributed by atoms with Gasteiger partial charge in [0, 0.05) is 18.8 Å². The summed E-state index contributed by atoms with van der Waals surface area (Å²) in [5, 5.41) is 3.37. The van der Waals surface area contributed by atoms with Crippen LogP contribution in [0.3, 0.4) is 0 Å². The van der Waals surface area contributed by atoms with Crippen molar-refractivity contribution in [3.05, 3.63) is 33.2 Å². The van der Waals surface area contributed by atoms with Crippen LogP contribution in [-0.4, -0.2) is 17.2 Å². The van der Waals surface area contributed by atoms with Crippen LogP contribution in [0.25, 0.3) is 0 Å². The summed E-state index contributed by atoms with van der Waals surface area (Å²) in [7, 11) is 0. The largest absolute Gasteiger partial charge is 0.314 e. The topological polar surface area (TPSA) is 34.0 Å². The van der Waals surface area contributed by atoms with Crippen LogP contribution in [0.2, 0.25) is 0 Å². The number of nitrogens with one attached hydrogen (secondary N) is 1. The number of rotatable bonds is 5. The predicted octanol–water partition coefficient (Wildman–Crippen LogP) is 2.24. The van der Waals surface area contributed by atoms with Crippen molar-refractivity contribution in [2.75, 3.05) is 6.54 Å². The molecule has 0 spiro atoms. The van der Waals surface area contributed by atoms with Crippen molar-refractivity contribution in [2.24, 2.45) is 5.92 Å². The van der Waals surface area contributed by atoms with E-state index in [9.17, 15) is 4.79 Å². The second kappa shape index (κ2) is 6.21. The van der Waals surface area contributed by atoms with Gasteiger partial charge >= 0.3 is 0 Å². The Labute approximate surface area is 105 Å². The van der Waals surface area contributed by atoms with Gasteiger partial charge in [0.1, 0.15) is 0 Å². The molecule has 1 rings (SSSR count). The van der Waals surface area contributed by atoms with E-state index in [4.69, 9.17) is 0 Å². The molecule has 0 saturated carbocycles. The molecule has 3 nitrogen and oxygen atoms in total. The second-order valence-corrected chi connectivity index (χ2v) is 5.34. The lowest BCUT2D eigenvalue weighted by Gasteiger charge is -2.16. The van der Waals surface area contributed by atoms with E-state index in [0.717, 1.165) is 13.1 Å². The van der Waals surface area contributed by atoms with Crippen LogP contribution in [0.4, 0.5) is 0 Å². The zero-order valence-corrected chi connectivity index (χ0v) is 11.6. The van der Waals surface area contributed by atoms with Crippen molar-refractivity contribution in [1.82, 2.24) is 9.88 Å². The highest BCUT2D eigenvalue weighted by molar-refractivity contribution is 9.10. The van der Waals surface area contributed by atoms with E-state index in [1.54, 1.807) is 10.6 Å². The molecule has 0 aliphatic rings. The lowest BCUT2D eigenvalue weighted by molar-refractivity contribution is 0.420. The summed E-state index contributed by atoms with van der Waals surface area (Å²) in [6.45, 7) is 8.06. The van der Waals surface area contributed by atoms with Crippen LogP contribution >= 0.6 is 15.9 Å². The van der Waals surface area contributed by atoms with E-state index in [1.165, 1.54) is 0 Å². The maximum Gasteiger partial charge on any atom is 0.264 e. The predicted molar refractivity (Wildman–Crippen MR) is 70.7 cm³/mol. The summed E-state index contributed by atoms with van der Waals surface area (Å²) < 4.78 is 2.37. The van der Waals surface area contributed by atoms with E-state index >= 15 is 0 Å². The van der Waals surface area contributed by atoms with E-state index < -0.39 is 0 Å². The van der Waals surface area contributed by atoms with Gasteiger partial charge in [-0.3, -0.25) is 4.79 Å². The molecule has 0 aliphatic heterocycles. The molecule has 1 N–H and O–H groups in total. The summed E-state index contributed by atoms with van der Waals surface area (Å²) in [4.78, 5) is 11.7. The third kappa shape index (κ3) is 4.10. The molecule has 1 heterocycles. The van der Waals surface area contributed by atoms with Gasteiger partial charge in [0.25, 0.3) is 5.56 Å². The smallest absolute Gasteiger partial charge is 0.264 e. The Morgan fingerprint density at radius 1 is 1.44 bits per heavy atom. The van der Waals surface area contributed by atoms with E-state index in [2.05, 4.69) is 42.0 Å². The maximum atomic E-state index is 11.7. The standard InChI is InChI=1S/C12H19BrN2O/c1-9(2)14-7-10(3)8-15-6-4-5-11(13)12(15)16/h4-6,9-10,14H,7-8H2,1-3H3. The lowest BCUT2D eigenvalue weighted by atomic mass is 10.1. The Hall–Kier alpha value is -0.610. The van der Waals surface area contributed by atoms with Gasteiger partial charge < -0.3 is 9.88 Å². The Kier molecular flexibility index (Phi) is 5.22. The SMILES string of the molecule is CC(CNC(C)C)Cn1cccc(Br)c1=O. The maximum absolute atomic E-state index is 11.7. The fourth-order valence-electron chi connectivity index (χ4n) is 1.49. The summed E-state index contributed by atoms with van der Waals surface area (Å²) in [5.41, 5.74) is 0.0406. The summed E-state index contributed by atoms with van der Waals surface area (Å²) in [6, 6.07) is 4.14. The van der Waals surface area contributed by atoms with Crippen molar-refractivity contribution in [1.29, 1.82) is 0 Å². The first-order valence-electron chi connectivity index (χ1n) is 5.59. The highest BCUT2D eigenvalue weighted by Crippen LogP contribution is 2.03. The third-order valence-corrected chi connectivity index (χ3v) is 2.96. The number of hydrogen-bond donors (Lipinski definition) is 1. The molecule has 16 heavy (non-hydrogen) atoms. The van der Waals surface area contributed by atoms with Crippen molar-refractivity contribution >= 4 is 15.9 Å². The molecule has 90 valence electrons. The van der Waals surface area contributed by atoms with Crippen molar-refractivity contribution < 1.29 is 0 Å². The molecule has 0 fully saturated rings. The highest BCUT2D eigenvalue weighted by Gasteiger charge is 2.06. The molecular weight excluding hydrogens is 268 g/mol. The molecule has 1 atom stereocenters. The monoisotopic (exact) mass is 286 g/mol. The van der Waals surface area contributed by atoms with Crippen LogP contribution < -0.4 is 10.9 Å². The normalized spacial score (nSPS) is 13.1. The van der Waals surface area contributed by atoms with Crippen LogP contribution in [0, 0.1) is 5.92 Å². The molecule has 1 unspecified atom stereocenters.